The Labute approximate surface area is 105 Å². The zero-order chi connectivity index (χ0) is 13.2. The molecule has 0 spiro atoms. The molecule has 1 aliphatic carbocycles. The van der Waals surface area contributed by atoms with Crippen LogP contribution in [-0.2, 0) is 6.54 Å². The number of aliphatic hydroxyl groups is 1. The first-order valence-corrected chi connectivity index (χ1v) is 6.04. The van der Waals surface area contributed by atoms with E-state index in [1.165, 1.54) is 29.9 Å². The highest BCUT2D eigenvalue weighted by Crippen LogP contribution is 2.43. The molecule has 1 atom stereocenters. The van der Waals surface area contributed by atoms with Gasteiger partial charge in [-0.25, -0.2) is 0 Å². The van der Waals surface area contributed by atoms with Crippen LogP contribution in [0.2, 0.25) is 0 Å². The van der Waals surface area contributed by atoms with Gasteiger partial charge in [0.2, 0.25) is 0 Å². The first-order chi connectivity index (χ1) is 8.48. The molecular weight excluding hydrogens is 236 g/mol. The molecule has 18 heavy (non-hydrogen) atoms. The Morgan fingerprint density at radius 1 is 1.72 bits per heavy atom. The van der Waals surface area contributed by atoms with Crippen molar-refractivity contribution in [1.29, 1.82) is 0 Å². The summed E-state index contributed by atoms with van der Waals surface area (Å²) in [5.74, 6) is 0. The van der Waals surface area contributed by atoms with E-state index in [2.05, 4.69) is 17.3 Å². The van der Waals surface area contributed by atoms with E-state index in [-0.39, 0.29) is 12.2 Å². The van der Waals surface area contributed by atoms with E-state index in [0.717, 1.165) is 6.54 Å². The summed E-state index contributed by atoms with van der Waals surface area (Å²) in [6.07, 6.45) is 4.39. The molecule has 2 rings (SSSR count). The van der Waals surface area contributed by atoms with Crippen molar-refractivity contribution < 1.29 is 10.0 Å². The van der Waals surface area contributed by atoms with Crippen LogP contribution >= 0.6 is 0 Å². The van der Waals surface area contributed by atoms with E-state index < -0.39 is 11.0 Å². The van der Waals surface area contributed by atoms with Crippen LogP contribution in [-0.4, -0.2) is 39.0 Å². The first kappa shape index (κ1) is 13.0. The summed E-state index contributed by atoms with van der Waals surface area (Å²) in [5, 5.41) is 27.3. The third-order valence-electron chi connectivity index (χ3n) is 3.26. The molecule has 1 aromatic heterocycles. The van der Waals surface area contributed by atoms with E-state index >= 15 is 0 Å². The maximum atomic E-state index is 10.5. The minimum Gasteiger partial charge on any atom is -0.390 e. The zero-order valence-corrected chi connectivity index (χ0v) is 10.4. The molecule has 1 unspecified atom stereocenters. The maximum Gasteiger partial charge on any atom is 0.306 e. The molecule has 7 heteroatoms. The Morgan fingerprint density at radius 3 is 3.00 bits per heavy atom. The lowest BCUT2D eigenvalue weighted by molar-refractivity contribution is -0.385. The predicted molar refractivity (Wildman–Crippen MR) is 65.1 cm³/mol. The highest BCUT2D eigenvalue weighted by Gasteiger charge is 2.36. The quantitative estimate of drug-likeness (QED) is 0.547. The van der Waals surface area contributed by atoms with Crippen LogP contribution in [0.15, 0.2) is 12.4 Å². The fraction of sp³-hybridized carbons (Fsp3) is 0.727. The van der Waals surface area contributed by atoms with Gasteiger partial charge in [0.05, 0.1) is 17.6 Å². The highest BCUT2D eigenvalue weighted by molar-refractivity contribution is 5.20. The Balaban J connectivity index is 1.72. The topological polar surface area (TPSA) is 93.2 Å². The lowest BCUT2D eigenvalue weighted by Crippen LogP contribution is -2.33. The van der Waals surface area contributed by atoms with E-state index in [9.17, 15) is 15.2 Å². The minimum atomic E-state index is -0.591. The van der Waals surface area contributed by atoms with Gasteiger partial charge in [0.15, 0.2) is 0 Å². The predicted octanol–water partition coefficient (Wildman–Crippen LogP) is 0.542. The number of hydrogen-bond acceptors (Lipinski definition) is 5. The van der Waals surface area contributed by atoms with Gasteiger partial charge in [0.1, 0.15) is 12.4 Å². The fourth-order valence-corrected chi connectivity index (χ4v) is 1.76. The Hall–Kier alpha value is -1.47. The molecule has 0 saturated heterocycles. The first-order valence-electron chi connectivity index (χ1n) is 6.04. The van der Waals surface area contributed by atoms with Gasteiger partial charge in [-0.1, -0.05) is 6.92 Å². The van der Waals surface area contributed by atoms with Crippen LogP contribution in [0.4, 0.5) is 5.69 Å². The lowest BCUT2D eigenvalue weighted by Gasteiger charge is -2.14. The summed E-state index contributed by atoms with van der Waals surface area (Å²) in [7, 11) is 0. The van der Waals surface area contributed by atoms with Crippen LogP contribution in [0.5, 0.6) is 0 Å². The molecule has 1 aromatic rings. The Kier molecular flexibility index (Phi) is 3.63. The number of aromatic nitrogens is 2. The van der Waals surface area contributed by atoms with Gasteiger partial charge in [-0.3, -0.25) is 14.8 Å². The number of nitrogens with one attached hydrogen (secondary N) is 1. The molecule has 0 aromatic carbocycles. The smallest absolute Gasteiger partial charge is 0.306 e. The van der Waals surface area contributed by atoms with Crippen molar-refractivity contribution in [2.24, 2.45) is 5.41 Å². The molecule has 1 aliphatic rings. The van der Waals surface area contributed by atoms with Gasteiger partial charge in [-0.2, -0.15) is 5.10 Å². The van der Waals surface area contributed by atoms with E-state index in [4.69, 9.17) is 0 Å². The second kappa shape index (κ2) is 5.03. The highest BCUT2D eigenvalue weighted by atomic mass is 16.6. The summed E-state index contributed by atoms with van der Waals surface area (Å²) in [6, 6.07) is 0. The number of hydrogen-bond donors (Lipinski definition) is 2. The summed E-state index contributed by atoms with van der Waals surface area (Å²) in [5.41, 5.74) is 0.352. The summed E-state index contributed by atoms with van der Waals surface area (Å²) >= 11 is 0. The monoisotopic (exact) mass is 254 g/mol. The van der Waals surface area contributed by atoms with Crippen molar-refractivity contribution >= 4 is 5.69 Å². The molecule has 100 valence electrons. The van der Waals surface area contributed by atoms with Gasteiger partial charge < -0.3 is 10.4 Å². The van der Waals surface area contributed by atoms with Gasteiger partial charge in [0.25, 0.3) is 0 Å². The maximum absolute atomic E-state index is 10.5. The van der Waals surface area contributed by atoms with E-state index in [1.807, 2.05) is 0 Å². The van der Waals surface area contributed by atoms with Crippen molar-refractivity contribution in [1.82, 2.24) is 15.1 Å². The number of nitro groups is 1. The van der Waals surface area contributed by atoms with Crippen LogP contribution in [0, 0.1) is 15.5 Å². The van der Waals surface area contributed by atoms with Crippen molar-refractivity contribution in [3.63, 3.8) is 0 Å². The lowest BCUT2D eigenvalue weighted by atomic mass is 10.1. The van der Waals surface area contributed by atoms with E-state index in [1.54, 1.807) is 0 Å². The molecule has 0 amide bonds. The van der Waals surface area contributed by atoms with Gasteiger partial charge >= 0.3 is 5.69 Å². The molecule has 7 nitrogen and oxygen atoms in total. The summed E-state index contributed by atoms with van der Waals surface area (Å²) < 4.78 is 1.39. The second-order valence-electron chi connectivity index (χ2n) is 5.27. The SMILES string of the molecule is CC1(CNCC(O)Cn2cc([N+](=O)[O-])cn2)CC1. The van der Waals surface area contributed by atoms with Crippen molar-refractivity contribution in [3.8, 4) is 0 Å². The second-order valence-corrected chi connectivity index (χ2v) is 5.27. The molecular formula is C11H18N4O3. The molecule has 1 heterocycles. The van der Waals surface area contributed by atoms with Gasteiger partial charge in [0, 0.05) is 13.1 Å². The third-order valence-corrected chi connectivity index (χ3v) is 3.26. The van der Waals surface area contributed by atoms with E-state index in [0.29, 0.717) is 12.0 Å². The standard InChI is InChI=1S/C11H18N4O3/c1-11(2-3-11)8-12-5-10(16)7-14-6-9(4-13-14)15(17)18/h4,6,10,12,16H,2-3,5,7-8H2,1H3. The number of nitrogens with zero attached hydrogens (tertiary/aromatic N) is 3. The molecule has 0 aliphatic heterocycles. The Bertz CT molecular complexity index is 428. The average Bonchev–Trinajstić information content (AvgIpc) is 2.85. The van der Waals surface area contributed by atoms with Crippen molar-refractivity contribution in [2.45, 2.75) is 32.4 Å². The zero-order valence-electron chi connectivity index (χ0n) is 10.4. The molecule has 1 fully saturated rings. The third kappa shape index (κ3) is 3.51. The molecule has 1 saturated carbocycles. The Morgan fingerprint density at radius 2 is 2.44 bits per heavy atom. The fourth-order valence-electron chi connectivity index (χ4n) is 1.76. The summed E-state index contributed by atoms with van der Waals surface area (Å²) in [4.78, 5) is 9.97. The average molecular weight is 254 g/mol. The normalized spacial score (nSPS) is 18.6. The van der Waals surface area contributed by atoms with Crippen molar-refractivity contribution in [3.05, 3.63) is 22.5 Å². The van der Waals surface area contributed by atoms with Crippen LogP contribution < -0.4 is 5.32 Å². The molecule has 0 radical (unpaired) electrons. The summed E-state index contributed by atoms with van der Waals surface area (Å²) in [6.45, 7) is 3.85. The minimum absolute atomic E-state index is 0.0550. The molecule has 2 N–H and O–H groups in total. The number of aliphatic hydroxyl groups excluding tert-OH is 1. The largest absolute Gasteiger partial charge is 0.390 e. The van der Waals surface area contributed by atoms with Crippen LogP contribution in [0.3, 0.4) is 0 Å². The van der Waals surface area contributed by atoms with Crippen molar-refractivity contribution in [2.75, 3.05) is 13.1 Å². The number of rotatable bonds is 7. The van der Waals surface area contributed by atoms with Crippen LogP contribution in [0.1, 0.15) is 19.8 Å². The van der Waals surface area contributed by atoms with Crippen LogP contribution in [0.25, 0.3) is 0 Å². The molecule has 0 bridgehead atoms. The van der Waals surface area contributed by atoms with Gasteiger partial charge in [-0.05, 0) is 18.3 Å². The van der Waals surface area contributed by atoms with Gasteiger partial charge in [-0.15, -0.1) is 0 Å².